The number of aromatic nitrogens is 1. The summed E-state index contributed by atoms with van der Waals surface area (Å²) in [5.41, 5.74) is 1.63. The van der Waals surface area contributed by atoms with E-state index in [1.807, 2.05) is 12.1 Å². The minimum absolute atomic E-state index is 0.0894. The zero-order valence-corrected chi connectivity index (χ0v) is 14.9. The van der Waals surface area contributed by atoms with E-state index < -0.39 is 17.7 Å². The van der Waals surface area contributed by atoms with Gasteiger partial charge in [-0.3, -0.25) is 4.79 Å². The Kier molecular flexibility index (Phi) is 5.27. The van der Waals surface area contributed by atoms with Gasteiger partial charge in [0.15, 0.2) is 11.6 Å². The number of ether oxygens (including phenoxy) is 1. The monoisotopic (exact) mass is 361 g/mol. The predicted molar refractivity (Wildman–Crippen MR) is 94.4 cm³/mol. The second-order valence-corrected chi connectivity index (χ2v) is 7.96. The highest BCUT2D eigenvalue weighted by Crippen LogP contribution is 2.48. The van der Waals surface area contributed by atoms with Gasteiger partial charge in [0.05, 0.1) is 5.92 Å². The Morgan fingerprint density at radius 3 is 2.88 bits per heavy atom. The highest BCUT2D eigenvalue weighted by atomic mass is 32.2. The number of carboxylic acids is 1. The molecule has 0 saturated heterocycles. The van der Waals surface area contributed by atoms with Crippen LogP contribution in [0.5, 0.6) is 5.75 Å². The molecule has 0 bridgehead atoms. The van der Waals surface area contributed by atoms with Crippen molar-refractivity contribution in [1.82, 2.24) is 4.98 Å². The Morgan fingerprint density at radius 2 is 2.24 bits per heavy atom. The van der Waals surface area contributed by atoms with E-state index in [1.165, 1.54) is 6.07 Å². The van der Waals surface area contributed by atoms with Crippen molar-refractivity contribution in [2.75, 3.05) is 0 Å². The minimum Gasteiger partial charge on any atom is -0.486 e. The summed E-state index contributed by atoms with van der Waals surface area (Å²) in [6.07, 6.45) is 2.30. The summed E-state index contributed by atoms with van der Waals surface area (Å²) in [5.74, 6) is -1.60. The zero-order chi connectivity index (χ0) is 18.0. The number of rotatable bonds is 7. The Balaban J connectivity index is 1.67. The van der Waals surface area contributed by atoms with Gasteiger partial charge in [-0.15, -0.1) is 11.8 Å². The number of aliphatic carboxylic acids is 1. The quantitative estimate of drug-likeness (QED) is 0.737. The third-order valence-corrected chi connectivity index (χ3v) is 5.13. The lowest BCUT2D eigenvalue weighted by molar-refractivity contribution is -0.138. The fourth-order valence-corrected chi connectivity index (χ4v) is 3.57. The van der Waals surface area contributed by atoms with E-state index in [0.717, 1.165) is 16.2 Å². The third-order valence-electron chi connectivity index (χ3n) is 4.07. The number of carbonyl (C=O) groups is 1. The van der Waals surface area contributed by atoms with Crippen LogP contribution in [0.4, 0.5) is 4.39 Å². The molecule has 1 aliphatic rings. The molecule has 4 nitrogen and oxygen atoms in total. The van der Waals surface area contributed by atoms with Gasteiger partial charge in [0.2, 0.25) is 0 Å². The van der Waals surface area contributed by atoms with Crippen LogP contribution in [0, 0.1) is 11.7 Å². The summed E-state index contributed by atoms with van der Waals surface area (Å²) in [4.78, 5) is 15.3. The number of hydrogen-bond donors (Lipinski definition) is 1. The summed E-state index contributed by atoms with van der Waals surface area (Å²) < 4.78 is 19.9. The molecule has 2 aromatic rings. The molecular formula is C19H20FNO3S. The largest absolute Gasteiger partial charge is 0.486 e. The van der Waals surface area contributed by atoms with Gasteiger partial charge in [-0.2, -0.15) is 0 Å². The highest BCUT2D eigenvalue weighted by molar-refractivity contribution is 7.99. The second kappa shape index (κ2) is 7.44. The molecule has 0 radical (unpaired) electrons. The molecule has 6 heteroatoms. The van der Waals surface area contributed by atoms with E-state index in [9.17, 15) is 9.18 Å². The van der Waals surface area contributed by atoms with Crippen LogP contribution in [-0.4, -0.2) is 21.3 Å². The molecule has 1 aliphatic carbocycles. The predicted octanol–water partition coefficient (Wildman–Crippen LogP) is 4.49. The normalized spacial score (nSPS) is 19.0. The molecule has 25 heavy (non-hydrogen) atoms. The maximum absolute atomic E-state index is 14.3. The maximum Gasteiger partial charge on any atom is 0.307 e. The number of benzene rings is 1. The Labute approximate surface area is 150 Å². The molecule has 0 spiro atoms. The van der Waals surface area contributed by atoms with Crippen LogP contribution < -0.4 is 4.74 Å². The van der Waals surface area contributed by atoms with Crippen molar-refractivity contribution in [3.8, 4) is 5.75 Å². The Hall–Kier alpha value is -2.08. The van der Waals surface area contributed by atoms with Crippen molar-refractivity contribution >= 4 is 17.7 Å². The molecule has 1 fully saturated rings. The van der Waals surface area contributed by atoms with Gasteiger partial charge in [0.1, 0.15) is 11.6 Å². The summed E-state index contributed by atoms with van der Waals surface area (Å²) in [7, 11) is 0. The van der Waals surface area contributed by atoms with Gasteiger partial charge in [0.25, 0.3) is 0 Å². The summed E-state index contributed by atoms with van der Waals surface area (Å²) >= 11 is 1.64. The zero-order valence-electron chi connectivity index (χ0n) is 14.1. The van der Waals surface area contributed by atoms with Gasteiger partial charge < -0.3 is 9.84 Å². The number of hydrogen-bond acceptors (Lipinski definition) is 4. The van der Waals surface area contributed by atoms with E-state index in [-0.39, 0.29) is 18.3 Å². The van der Waals surface area contributed by atoms with Crippen LogP contribution in [-0.2, 0) is 11.4 Å². The van der Waals surface area contributed by atoms with Crippen LogP contribution in [0.25, 0.3) is 0 Å². The van der Waals surface area contributed by atoms with Crippen molar-refractivity contribution in [2.24, 2.45) is 5.92 Å². The number of halogens is 1. The highest BCUT2D eigenvalue weighted by Gasteiger charge is 2.44. The van der Waals surface area contributed by atoms with Crippen molar-refractivity contribution < 1.29 is 19.0 Å². The van der Waals surface area contributed by atoms with Crippen LogP contribution in [0.15, 0.2) is 41.6 Å². The maximum atomic E-state index is 14.3. The van der Waals surface area contributed by atoms with E-state index in [0.29, 0.717) is 11.7 Å². The summed E-state index contributed by atoms with van der Waals surface area (Å²) in [5, 5.41) is 10.3. The number of pyridine rings is 1. The molecule has 1 N–H and O–H groups in total. The molecule has 1 aromatic carbocycles. The van der Waals surface area contributed by atoms with Crippen LogP contribution in [0.3, 0.4) is 0 Å². The number of thioether (sulfide) groups is 1. The van der Waals surface area contributed by atoms with E-state index >= 15 is 0 Å². The molecule has 2 unspecified atom stereocenters. The first-order chi connectivity index (χ1) is 12.0. The van der Waals surface area contributed by atoms with E-state index in [4.69, 9.17) is 9.84 Å². The second-order valence-electron chi connectivity index (χ2n) is 6.40. The molecule has 3 rings (SSSR count). The SMILES string of the molecule is CC(C)Sc1ncccc1COc1ccc(C2CC2C(=O)O)cc1F. The third kappa shape index (κ3) is 4.31. The topological polar surface area (TPSA) is 59.4 Å². The summed E-state index contributed by atoms with van der Waals surface area (Å²) in [6, 6.07) is 8.47. The van der Waals surface area contributed by atoms with Gasteiger partial charge in [0, 0.05) is 17.0 Å². The number of carboxylic acid groups (broad SMARTS) is 1. The summed E-state index contributed by atoms with van der Waals surface area (Å²) in [6.45, 7) is 4.41. The Bertz CT molecular complexity index is 781. The lowest BCUT2D eigenvalue weighted by Crippen LogP contribution is -2.02. The van der Waals surface area contributed by atoms with Crippen LogP contribution >= 0.6 is 11.8 Å². The van der Waals surface area contributed by atoms with Crippen LogP contribution in [0.1, 0.15) is 37.3 Å². The average Bonchev–Trinajstić information content (AvgIpc) is 3.35. The first-order valence-corrected chi connectivity index (χ1v) is 9.09. The molecule has 0 aliphatic heterocycles. The Morgan fingerprint density at radius 1 is 1.44 bits per heavy atom. The number of nitrogens with zero attached hydrogens (tertiary/aromatic N) is 1. The van der Waals surface area contributed by atoms with E-state index in [1.54, 1.807) is 30.1 Å². The minimum atomic E-state index is -0.822. The average molecular weight is 361 g/mol. The fraction of sp³-hybridized carbons (Fsp3) is 0.368. The molecule has 2 atom stereocenters. The molecule has 1 heterocycles. The molecule has 132 valence electrons. The molecule has 1 saturated carbocycles. The first-order valence-electron chi connectivity index (χ1n) is 8.21. The lowest BCUT2D eigenvalue weighted by Gasteiger charge is -2.12. The molecule has 1 aromatic heterocycles. The van der Waals surface area contributed by atoms with Crippen molar-refractivity contribution in [3.05, 3.63) is 53.5 Å². The first kappa shape index (κ1) is 17.7. The fourth-order valence-electron chi connectivity index (χ4n) is 2.72. The van der Waals surface area contributed by atoms with E-state index in [2.05, 4.69) is 18.8 Å². The van der Waals surface area contributed by atoms with Crippen molar-refractivity contribution in [1.29, 1.82) is 0 Å². The standard InChI is InChI=1S/C19H20FNO3S/c1-11(2)25-18-13(4-3-7-21-18)10-24-17-6-5-12(8-16(17)20)14-9-15(14)19(22)23/h3-8,11,14-15H,9-10H2,1-2H3,(H,22,23). The van der Waals surface area contributed by atoms with Crippen molar-refractivity contribution in [2.45, 2.75) is 43.1 Å². The van der Waals surface area contributed by atoms with Gasteiger partial charge >= 0.3 is 5.97 Å². The van der Waals surface area contributed by atoms with Gasteiger partial charge in [-0.25, -0.2) is 9.37 Å². The molecular weight excluding hydrogens is 341 g/mol. The van der Waals surface area contributed by atoms with Gasteiger partial charge in [-0.1, -0.05) is 26.0 Å². The molecule has 0 amide bonds. The van der Waals surface area contributed by atoms with Crippen LogP contribution in [0.2, 0.25) is 0 Å². The smallest absolute Gasteiger partial charge is 0.307 e. The lowest BCUT2D eigenvalue weighted by atomic mass is 10.1. The van der Waals surface area contributed by atoms with Gasteiger partial charge in [-0.05, 0) is 36.1 Å². The van der Waals surface area contributed by atoms with Crippen molar-refractivity contribution in [3.63, 3.8) is 0 Å².